The van der Waals surface area contributed by atoms with Crippen molar-refractivity contribution in [2.45, 2.75) is 25.8 Å². The molecule has 1 aromatic carbocycles. The molecule has 0 bridgehead atoms. The summed E-state index contributed by atoms with van der Waals surface area (Å²) in [6.07, 6.45) is 5.19. The molecule has 6 nitrogen and oxygen atoms in total. The van der Waals surface area contributed by atoms with E-state index in [0.717, 1.165) is 37.6 Å². The third-order valence-electron chi connectivity index (χ3n) is 4.51. The van der Waals surface area contributed by atoms with E-state index in [1.165, 1.54) is 5.56 Å². The Morgan fingerprint density at radius 3 is 2.84 bits per heavy atom. The van der Waals surface area contributed by atoms with Crippen molar-refractivity contribution in [3.63, 3.8) is 0 Å². The molecule has 1 aromatic heterocycles. The molecule has 0 saturated carbocycles. The molecule has 2 aromatic rings. The highest BCUT2D eigenvalue weighted by atomic mass is 15.3. The molecule has 1 aliphatic heterocycles. The fraction of sp³-hybridized carbons (Fsp3) is 0.421. The van der Waals surface area contributed by atoms with Gasteiger partial charge < -0.3 is 10.2 Å². The van der Waals surface area contributed by atoms with Crippen molar-refractivity contribution in [2.75, 3.05) is 19.6 Å². The number of aliphatic imine (C=N–C) groups is 1. The van der Waals surface area contributed by atoms with E-state index in [1.54, 1.807) is 0 Å². The van der Waals surface area contributed by atoms with Crippen LogP contribution in [0.5, 0.6) is 0 Å². The van der Waals surface area contributed by atoms with Crippen LogP contribution in [0, 0.1) is 11.3 Å². The molecule has 0 aliphatic carbocycles. The number of nitrogens with zero attached hydrogens (tertiary/aromatic N) is 5. The van der Waals surface area contributed by atoms with Gasteiger partial charge in [0.1, 0.15) is 0 Å². The fourth-order valence-corrected chi connectivity index (χ4v) is 3.15. The highest BCUT2D eigenvalue weighted by molar-refractivity contribution is 5.80. The van der Waals surface area contributed by atoms with Gasteiger partial charge in [0, 0.05) is 38.8 Å². The number of aryl methyl sites for hydroxylation is 1. The molecule has 1 unspecified atom stereocenters. The predicted molar refractivity (Wildman–Crippen MR) is 98.1 cm³/mol. The van der Waals surface area contributed by atoms with Crippen LogP contribution < -0.4 is 5.32 Å². The molecule has 25 heavy (non-hydrogen) atoms. The molecule has 6 heteroatoms. The van der Waals surface area contributed by atoms with Crippen LogP contribution in [-0.2, 0) is 13.6 Å². The lowest BCUT2D eigenvalue weighted by Crippen LogP contribution is -2.40. The van der Waals surface area contributed by atoms with Crippen LogP contribution in [0.25, 0.3) is 0 Å². The van der Waals surface area contributed by atoms with Gasteiger partial charge in [-0.3, -0.25) is 4.68 Å². The first kappa shape index (κ1) is 17.0. The van der Waals surface area contributed by atoms with E-state index in [4.69, 9.17) is 10.3 Å². The maximum absolute atomic E-state index is 8.88. The van der Waals surface area contributed by atoms with Crippen LogP contribution in [0.4, 0.5) is 0 Å². The average Bonchev–Trinajstić information content (AvgIpc) is 3.28. The summed E-state index contributed by atoms with van der Waals surface area (Å²) in [5, 5.41) is 16.6. The van der Waals surface area contributed by atoms with Crippen LogP contribution in [0.2, 0.25) is 0 Å². The van der Waals surface area contributed by atoms with Gasteiger partial charge in [-0.2, -0.15) is 10.4 Å². The van der Waals surface area contributed by atoms with Crippen LogP contribution in [0.15, 0.2) is 41.7 Å². The van der Waals surface area contributed by atoms with Gasteiger partial charge >= 0.3 is 0 Å². The van der Waals surface area contributed by atoms with Crippen molar-refractivity contribution in [3.8, 4) is 6.07 Å². The summed E-state index contributed by atoms with van der Waals surface area (Å²) < 4.78 is 1.86. The molecule has 0 amide bonds. The van der Waals surface area contributed by atoms with Gasteiger partial charge in [-0.1, -0.05) is 12.1 Å². The van der Waals surface area contributed by atoms with Crippen molar-refractivity contribution in [3.05, 3.63) is 53.3 Å². The zero-order valence-electron chi connectivity index (χ0n) is 14.8. The summed E-state index contributed by atoms with van der Waals surface area (Å²) in [6.45, 7) is 5.51. The van der Waals surface area contributed by atoms with Crippen LogP contribution in [-0.4, -0.2) is 40.3 Å². The van der Waals surface area contributed by atoms with E-state index in [-0.39, 0.29) is 0 Å². The Hall–Kier alpha value is -2.81. The van der Waals surface area contributed by atoms with Crippen molar-refractivity contribution in [1.82, 2.24) is 20.0 Å². The Bertz CT molecular complexity index is 768. The number of hydrogen-bond donors (Lipinski definition) is 1. The lowest BCUT2D eigenvalue weighted by Gasteiger charge is -2.21. The number of aromatic nitrogens is 2. The minimum absolute atomic E-state index is 0.507. The Balaban J connectivity index is 1.67. The minimum atomic E-state index is 0.507. The minimum Gasteiger partial charge on any atom is -0.357 e. The molecule has 3 rings (SSSR count). The van der Waals surface area contributed by atoms with E-state index in [1.807, 2.05) is 42.2 Å². The number of hydrogen-bond acceptors (Lipinski definition) is 3. The maximum Gasteiger partial charge on any atom is 0.194 e. The Labute approximate surface area is 148 Å². The summed E-state index contributed by atoms with van der Waals surface area (Å²) in [4.78, 5) is 7.11. The number of guanidine groups is 1. The van der Waals surface area contributed by atoms with Gasteiger partial charge in [0.05, 0.1) is 24.4 Å². The monoisotopic (exact) mass is 336 g/mol. The number of nitriles is 1. The highest BCUT2D eigenvalue weighted by Crippen LogP contribution is 2.26. The maximum atomic E-state index is 8.88. The Morgan fingerprint density at radius 1 is 1.40 bits per heavy atom. The predicted octanol–water partition coefficient (Wildman–Crippen LogP) is 2.25. The highest BCUT2D eigenvalue weighted by Gasteiger charge is 2.26. The lowest BCUT2D eigenvalue weighted by molar-refractivity contribution is 0.486. The van der Waals surface area contributed by atoms with Crippen molar-refractivity contribution in [1.29, 1.82) is 5.26 Å². The van der Waals surface area contributed by atoms with E-state index in [9.17, 15) is 0 Å². The molecule has 0 spiro atoms. The number of nitrogens with one attached hydrogen (secondary N) is 1. The second kappa shape index (κ2) is 7.84. The van der Waals surface area contributed by atoms with E-state index < -0.39 is 0 Å². The number of rotatable bonds is 4. The molecule has 1 aliphatic rings. The summed E-state index contributed by atoms with van der Waals surface area (Å²) in [6, 6.07) is 9.75. The normalized spacial score (nSPS) is 17.6. The zero-order chi connectivity index (χ0) is 17.6. The Kier molecular flexibility index (Phi) is 5.34. The van der Waals surface area contributed by atoms with Gasteiger partial charge in [0.2, 0.25) is 0 Å². The second-order valence-corrected chi connectivity index (χ2v) is 6.36. The molecule has 0 radical (unpaired) electrons. The van der Waals surface area contributed by atoms with Crippen molar-refractivity contribution in [2.24, 2.45) is 12.0 Å². The van der Waals surface area contributed by atoms with E-state index >= 15 is 0 Å². The molecule has 130 valence electrons. The molecule has 1 atom stereocenters. The molecule has 1 fully saturated rings. The third-order valence-corrected chi connectivity index (χ3v) is 4.51. The van der Waals surface area contributed by atoms with Gasteiger partial charge in [0.15, 0.2) is 5.96 Å². The quantitative estimate of drug-likeness (QED) is 0.687. The Morgan fingerprint density at radius 2 is 2.20 bits per heavy atom. The topological polar surface area (TPSA) is 69.2 Å². The first-order chi connectivity index (χ1) is 12.2. The number of benzene rings is 1. The van der Waals surface area contributed by atoms with Crippen molar-refractivity contribution >= 4 is 5.96 Å². The average molecular weight is 336 g/mol. The van der Waals surface area contributed by atoms with Crippen LogP contribution >= 0.6 is 0 Å². The van der Waals surface area contributed by atoms with E-state index in [0.29, 0.717) is 18.0 Å². The lowest BCUT2D eigenvalue weighted by atomic mass is 10.0. The summed E-state index contributed by atoms with van der Waals surface area (Å²) in [5.74, 6) is 1.46. The van der Waals surface area contributed by atoms with Gasteiger partial charge in [-0.25, -0.2) is 4.99 Å². The van der Waals surface area contributed by atoms with Gasteiger partial charge in [0.25, 0.3) is 0 Å². The van der Waals surface area contributed by atoms with Crippen LogP contribution in [0.3, 0.4) is 0 Å². The summed E-state index contributed by atoms with van der Waals surface area (Å²) >= 11 is 0. The molecular formula is C19H24N6. The largest absolute Gasteiger partial charge is 0.357 e. The van der Waals surface area contributed by atoms with Crippen LogP contribution in [0.1, 0.15) is 36.0 Å². The first-order valence-electron chi connectivity index (χ1n) is 8.70. The fourth-order valence-electron chi connectivity index (χ4n) is 3.15. The zero-order valence-corrected chi connectivity index (χ0v) is 14.8. The van der Waals surface area contributed by atoms with Gasteiger partial charge in [-0.15, -0.1) is 0 Å². The smallest absolute Gasteiger partial charge is 0.194 e. The SMILES string of the molecule is CCNC(=NCc1ccc(C#N)cc1)N1CCC(c2cnn(C)c2)C1. The standard InChI is InChI=1S/C19H24N6/c1-3-21-19(22-11-16-6-4-15(10-20)5-7-16)25-9-8-17(14-25)18-12-23-24(2)13-18/h4-7,12-13,17H,3,8-9,11,14H2,1-2H3,(H,21,22). The van der Waals surface area contributed by atoms with Crippen molar-refractivity contribution < 1.29 is 0 Å². The summed E-state index contributed by atoms with van der Waals surface area (Å²) in [5.41, 5.74) is 3.09. The molecule has 1 N–H and O–H groups in total. The van der Waals surface area contributed by atoms with Gasteiger partial charge in [-0.05, 0) is 36.6 Å². The molecule has 2 heterocycles. The van der Waals surface area contributed by atoms with E-state index in [2.05, 4.69) is 34.5 Å². The first-order valence-corrected chi connectivity index (χ1v) is 8.70. The second-order valence-electron chi connectivity index (χ2n) is 6.36. The molecular weight excluding hydrogens is 312 g/mol. The number of likely N-dealkylation sites (tertiary alicyclic amines) is 1. The summed E-state index contributed by atoms with van der Waals surface area (Å²) in [7, 11) is 1.96. The molecule has 1 saturated heterocycles. The third kappa shape index (κ3) is 4.18.